The lowest BCUT2D eigenvalue weighted by Gasteiger charge is -2.29. The molecule has 28 heavy (non-hydrogen) atoms. The van der Waals surface area contributed by atoms with E-state index >= 15 is 0 Å². The second-order valence-corrected chi connectivity index (χ2v) is 7.36. The van der Waals surface area contributed by atoms with Crippen molar-refractivity contribution in [3.8, 4) is 0 Å². The summed E-state index contributed by atoms with van der Waals surface area (Å²) in [4.78, 5) is 31.1. The smallest absolute Gasteiger partial charge is 0.253 e. The van der Waals surface area contributed by atoms with E-state index in [4.69, 9.17) is 4.74 Å². The molecule has 3 heterocycles. The lowest BCUT2D eigenvalue weighted by Crippen LogP contribution is -2.36. The van der Waals surface area contributed by atoms with Gasteiger partial charge in [0.2, 0.25) is 5.91 Å². The van der Waals surface area contributed by atoms with Gasteiger partial charge in [0.25, 0.3) is 5.91 Å². The van der Waals surface area contributed by atoms with Crippen LogP contribution in [0.25, 0.3) is 0 Å². The zero-order valence-electron chi connectivity index (χ0n) is 15.9. The molecule has 0 bridgehead atoms. The predicted molar refractivity (Wildman–Crippen MR) is 106 cm³/mol. The zero-order chi connectivity index (χ0) is 19.3. The van der Waals surface area contributed by atoms with Crippen molar-refractivity contribution < 1.29 is 14.3 Å². The van der Waals surface area contributed by atoms with Crippen LogP contribution in [0.5, 0.6) is 0 Å². The highest BCUT2D eigenvalue weighted by molar-refractivity contribution is 5.94. The highest BCUT2D eigenvalue weighted by Crippen LogP contribution is 2.24. The van der Waals surface area contributed by atoms with E-state index in [-0.39, 0.29) is 17.9 Å². The first-order chi connectivity index (χ1) is 13.7. The second kappa shape index (κ2) is 8.52. The molecule has 2 aromatic rings. The number of carbonyl (C=O) groups excluding carboxylic acids is 2. The van der Waals surface area contributed by atoms with Gasteiger partial charge in [-0.25, -0.2) is 0 Å². The fourth-order valence-corrected chi connectivity index (χ4v) is 3.79. The van der Waals surface area contributed by atoms with Gasteiger partial charge in [-0.15, -0.1) is 0 Å². The molecule has 0 aliphatic carbocycles. The number of carbonyl (C=O) groups is 2. The van der Waals surface area contributed by atoms with Gasteiger partial charge in [-0.3, -0.25) is 14.6 Å². The third-order valence-electron chi connectivity index (χ3n) is 5.38. The van der Waals surface area contributed by atoms with Gasteiger partial charge in [-0.2, -0.15) is 0 Å². The summed E-state index contributed by atoms with van der Waals surface area (Å²) in [5.74, 6) is 0.0571. The molecule has 1 N–H and O–H groups in total. The van der Waals surface area contributed by atoms with Crippen LogP contribution < -0.4 is 5.32 Å². The Labute approximate surface area is 164 Å². The normalized spacial score (nSPS) is 18.6. The molecular formula is C22H25N3O3. The molecular weight excluding hydrogens is 354 g/mol. The van der Waals surface area contributed by atoms with Gasteiger partial charge in [0.05, 0.1) is 0 Å². The molecule has 1 aromatic heterocycles. The Morgan fingerprint density at radius 3 is 2.93 bits per heavy atom. The van der Waals surface area contributed by atoms with E-state index < -0.39 is 0 Å². The monoisotopic (exact) mass is 379 g/mol. The maximum absolute atomic E-state index is 12.6. The number of hydrogen-bond acceptors (Lipinski definition) is 4. The average Bonchev–Trinajstić information content (AvgIpc) is 3.27. The Hall–Kier alpha value is -2.73. The maximum Gasteiger partial charge on any atom is 0.253 e. The number of rotatable bonds is 5. The molecule has 2 aliphatic rings. The Morgan fingerprint density at radius 1 is 1.21 bits per heavy atom. The van der Waals surface area contributed by atoms with Crippen LogP contribution >= 0.6 is 0 Å². The van der Waals surface area contributed by atoms with Crippen LogP contribution in [0, 0.1) is 0 Å². The number of hydrogen-bond donors (Lipinski definition) is 1. The van der Waals surface area contributed by atoms with Crippen LogP contribution in [0.15, 0.2) is 42.6 Å². The first kappa shape index (κ1) is 18.6. The van der Waals surface area contributed by atoms with Crippen molar-refractivity contribution >= 4 is 17.5 Å². The quantitative estimate of drug-likeness (QED) is 0.867. The molecule has 146 valence electrons. The molecule has 0 unspecified atom stereocenters. The second-order valence-electron chi connectivity index (χ2n) is 7.36. The first-order valence-electron chi connectivity index (χ1n) is 9.91. The van der Waals surface area contributed by atoms with Crippen molar-refractivity contribution in [2.75, 3.05) is 18.5 Å². The minimum Gasteiger partial charge on any atom is -0.368 e. The molecule has 1 atom stereocenters. The Morgan fingerprint density at radius 2 is 2.14 bits per heavy atom. The van der Waals surface area contributed by atoms with Crippen LogP contribution in [-0.2, 0) is 33.7 Å². The van der Waals surface area contributed by atoms with Crippen LogP contribution in [-0.4, -0.2) is 41.0 Å². The number of fused-ring (bicyclic) bond motifs is 1. The number of anilines is 1. The van der Waals surface area contributed by atoms with Crippen molar-refractivity contribution in [3.63, 3.8) is 0 Å². The zero-order valence-corrected chi connectivity index (χ0v) is 15.9. The molecule has 6 heteroatoms. The van der Waals surface area contributed by atoms with Crippen molar-refractivity contribution in [1.29, 1.82) is 0 Å². The average molecular weight is 379 g/mol. The molecule has 2 amide bonds. The molecule has 0 radical (unpaired) electrons. The van der Waals surface area contributed by atoms with Gasteiger partial charge < -0.3 is 15.0 Å². The van der Waals surface area contributed by atoms with Crippen molar-refractivity contribution in [2.45, 2.75) is 44.8 Å². The highest BCUT2D eigenvalue weighted by Gasteiger charge is 2.25. The lowest BCUT2D eigenvalue weighted by molar-refractivity contribution is -0.132. The molecule has 6 nitrogen and oxygen atoms in total. The van der Waals surface area contributed by atoms with Crippen molar-refractivity contribution in [3.05, 3.63) is 59.4 Å². The number of ether oxygens (including phenoxy) is 1. The summed E-state index contributed by atoms with van der Waals surface area (Å²) in [6, 6.07) is 11.7. The summed E-state index contributed by atoms with van der Waals surface area (Å²) in [6.45, 7) is 1.97. The van der Waals surface area contributed by atoms with E-state index in [1.54, 1.807) is 6.20 Å². The fraction of sp³-hybridized carbons (Fsp3) is 0.409. The summed E-state index contributed by atoms with van der Waals surface area (Å²) >= 11 is 0. The number of nitrogens with zero attached hydrogens (tertiary/aromatic N) is 2. The highest BCUT2D eigenvalue weighted by atomic mass is 16.5. The number of pyridine rings is 1. The van der Waals surface area contributed by atoms with Crippen LogP contribution in [0.4, 0.5) is 5.69 Å². The number of benzene rings is 1. The SMILES string of the molecule is O=C(Nc1ccc2c(c1)CN(C(=O)CCc1ccccn1)CC2)[C@@H]1CCCO1. The molecule has 1 saturated heterocycles. The molecule has 0 spiro atoms. The summed E-state index contributed by atoms with van der Waals surface area (Å²) < 4.78 is 5.44. The Bertz CT molecular complexity index is 847. The number of aryl methyl sites for hydroxylation is 1. The van der Waals surface area contributed by atoms with E-state index in [9.17, 15) is 9.59 Å². The molecule has 0 saturated carbocycles. The summed E-state index contributed by atoms with van der Waals surface area (Å²) in [5, 5.41) is 2.95. The molecule has 2 aliphatic heterocycles. The van der Waals surface area contributed by atoms with E-state index in [2.05, 4.69) is 16.4 Å². The third kappa shape index (κ3) is 4.39. The Balaban J connectivity index is 1.36. The maximum atomic E-state index is 12.6. The predicted octanol–water partition coefficient (Wildman–Crippen LogP) is 2.72. The van der Waals surface area contributed by atoms with E-state index in [0.717, 1.165) is 42.8 Å². The minimum atomic E-state index is -0.347. The topological polar surface area (TPSA) is 71.5 Å². The molecule has 1 fully saturated rings. The molecule has 4 rings (SSSR count). The fourth-order valence-electron chi connectivity index (χ4n) is 3.79. The van der Waals surface area contributed by atoms with E-state index in [1.807, 2.05) is 35.2 Å². The Kier molecular flexibility index (Phi) is 5.67. The van der Waals surface area contributed by atoms with E-state index in [1.165, 1.54) is 5.56 Å². The van der Waals surface area contributed by atoms with Gasteiger partial charge in [-0.05, 0) is 61.1 Å². The third-order valence-corrected chi connectivity index (χ3v) is 5.38. The summed E-state index contributed by atoms with van der Waals surface area (Å²) in [5.41, 5.74) is 4.04. The van der Waals surface area contributed by atoms with Crippen molar-refractivity contribution in [2.24, 2.45) is 0 Å². The number of amides is 2. The number of aromatic nitrogens is 1. The summed E-state index contributed by atoms with van der Waals surface area (Å²) in [7, 11) is 0. The molecule has 1 aromatic carbocycles. The van der Waals surface area contributed by atoms with Gasteiger partial charge in [-0.1, -0.05) is 12.1 Å². The van der Waals surface area contributed by atoms with Crippen LogP contribution in [0.2, 0.25) is 0 Å². The van der Waals surface area contributed by atoms with Crippen LogP contribution in [0.3, 0.4) is 0 Å². The first-order valence-corrected chi connectivity index (χ1v) is 9.91. The van der Waals surface area contributed by atoms with Crippen molar-refractivity contribution in [1.82, 2.24) is 9.88 Å². The van der Waals surface area contributed by atoms with Crippen LogP contribution in [0.1, 0.15) is 36.1 Å². The van der Waals surface area contributed by atoms with Gasteiger partial charge in [0.15, 0.2) is 0 Å². The van der Waals surface area contributed by atoms with Gasteiger partial charge in [0.1, 0.15) is 6.10 Å². The minimum absolute atomic E-state index is 0.0865. The summed E-state index contributed by atoms with van der Waals surface area (Å²) in [6.07, 6.45) is 5.06. The van der Waals surface area contributed by atoms with E-state index in [0.29, 0.717) is 26.0 Å². The standard InChI is InChI=1S/C22H25N3O3/c26-21(9-8-18-4-1-2-11-23-18)25-12-10-16-6-7-19(14-17(16)15-25)24-22(27)20-5-3-13-28-20/h1-2,4,6-7,11,14,20H,3,5,8-10,12-13,15H2,(H,24,27)/t20-/m0/s1. The van der Waals surface area contributed by atoms with Gasteiger partial charge in [0, 0.05) is 43.7 Å². The lowest BCUT2D eigenvalue weighted by atomic mass is 9.98. The van der Waals surface area contributed by atoms with Gasteiger partial charge >= 0.3 is 0 Å². The largest absolute Gasteiger partial charge is 0.368 e. The number of nitrogens with one attached hydrogen (secondary N) is 1.